The normalized spacial score (nSPS) is 13.8. The lowest BCUT2D eigenvalue weighted by Gasteiger charge is -2.24. The van der Waals surface area contributed by atoms with Gasteiger partial charge in [0.2, 0.25) is 0 Å². The van der Waals surface area contributed by atoms with Gasteiger partial charge in [-0.2, -0.15) is 13.2 Å². The molecule has 176 valence electrons. The Morgan fingerprint density at radius 2 is 1.79 bits per heavy atom. The van der Waals surface area contributed by atoms with E-state index in [1.165, 1.54) is 22.2 Å². The number of hydrogen-bond acceptors (Lipinski definition) is 4. The first-order chi connectivity index (χ1) is 15.5. The highest BCUT2D eigenvalue weighted by molar-refractivity contribution is 6.31. The molecular formula is C22H21ClF3N3O4. The molecule has 0 unspecified atom stereocenters. The monoisotopic (exact) mass is 483 g/mol. The highest BCUT2D eigenvalue weighted by Crippen LogP contribution is 2.33. The second-order valence-electron chi connectivity index (χ2n) is 7.60. The van der Waals surface area contributed by atoms with Crippen LogP contribution in [0.5, 0.6) is 0 Å². The van der Waals surface area contributed by atoms with Crippen LogP contribution in [0, 0.1) is 0 Å². The Kier molecular flexibility index (Phi) is 7.31. The number of fused-ring (bicyclic) bond motifs is 3. The summed E-state index contributed by atoms with van der Waals surface area (Å²) in [5.41, 5.74) is 7.10. The number of hydroxylamine groups is 1. The molecule has 7 nitrogen and oxygen atoms in total. The molecule has 33 heavy (non-hydrogen) atoms. The molecule has 4 rings (SSSR count). The number of carbonyl (C=O) groups excluding carboxylic acids is 1. The number of hydrogen-bond donors (Lipinski definition) is 3. The third kappa shape index (κ3) is 5.65. The third-order valence-electron chi connectivity index (χ3n) is 5.31. The minimum atomic E-state index is -5.08. The van der Waals surface area contributed by atoms with Crippen molar-refractivity contribution in [2.24, 2.45) is 0 Å². The van der Waals surface area contributed by atoms with Gasteiger partial charge in [0.05, 0.1) is 0 Å². The lowest BCUT2D eigenvalue weighted by molar-refractivity contribution is -0.192. The number of nitrogens with one attached hydrogen (secondary N) is 1. The fraction of sp³-hybridized carbons (Fsp3) is 0.273. The Hall–Kier alpha value is -3.08. The van der Waals surface area contributed by atoms with Crippen molar-refractivity contribution >= 4 is 34.4 Å². The number of carbonyl (C=O) groups is 2. The smallest absolute Gasteiger partial charge is 0.475 e. The van der Waals surface area contributed by atoms with E-state index in [9.17, 15) is 18.0 Å². The standard InChI is InChI=1S/C20H20ClN3O2.C2HF3O2/c1-23-9-8-19-17(12-23)16-10-15(21)6-7-18(16)24(19)11-13-2-4-14(5-3-13)20(25)22-26;3-2(4,5)1(6)7/h2-7,10,26H,8-9,11-12H2,1H3,(H,22,25);(H,6,7). The molecule has 0 radical (unpaired) electrons. The molecular weight excluding hydrogens is 463 g/mol. The molecule has 11 heteroatoms. The summed E-state index contributed by atoms with van der Waals surface area (Å²) in [5, 5.41) is 17.8. The number of aromatic nitrogens is 1. The first-order valence-electron chi connectivity index (χ1n) is 9.82. The molecule has 1 aromatic heterocycles. The number of amides is 1. The van der Waals surface area contributed by atoms with Crippen molar-refractivity contribution in [2.45, 2.75) is 25.7 Å². The lowest BCUT2D eigenvalue weighted by Crippen LogP contribution is -2.27. The van der Waals surface area contributed by atoms with Gasteiger partial charge < -0.3 is 14.6 Å². The maximum atomic E-state index is 11.5. The molecule has 0 bridgehead atoms. The van der Waals surface area contributed by atoms with Crippen LogP contribution in [0.2, 0.25) is 5.02 Å². The van der Waals surface area contributed by atoms with Crippen molar-refractivity contribution in [1.29, 1.82) is 0 Å². The van der Waals surface area contributed by atoms with Crippen LogP contribution >= 0.6 is 11.6 Å². The van der Waals surface area contributed by atoms with Gasteiger partial charge in [-0.3, -0.25) is 10.0 Å². The van der Waals surface area contributed by atoms with Crippen molar-refractivity contribution in [3.05, 3.63) is 69.9 Å². The summed E-state index contributed by atoms with van der Waals surface area (Å²) < 4.78 is 34.1. The molecule has 0 saturated heterocycles. The van der Waals surface area contributed by atoms with Crippen LogP contribution in [-0.2, 0) is 24.3 Å². The van der Waals surface area contributed by atoms with Gasteiger partial charge in [0.25, 0.3) is 5.91 Å². The number of likely N-dealkylation sites (N-methyl/N-ethyl adjacent to an activating group) is 1. The number of nitrogens with zero attached hydrogens (tertiary/aromatic N) is 2. The SMILES string of the molecule is CN1CCc2c(c3cc(Cl)ccc3n2Cc2ccc(C(=O)NO)cc2)C1.O=C(O)C(F)(F)F. The molecule has 0 aliphatic carbocycles. The molecule has 2 aromatic carbocycles. The van der Waals surface area contributed by atoms with Crippen LogP contribution in [0.15, 0.2) is 42.5 Å². The molecule has 0 spiro atoms. The van der Waals surface area contributed by atoms with Crippen LogP contribution in [0.4, 0.5) is 13.2 Å². The third-order valence-corrected chi connectivity index (χ3v) is 5.54. The maximum absolute atomic E-state index is 11.5. The van der Waals surface area contributed by atoms with Gasteiger partial charge in [0.1, 0.15) is 0 Å². The summed E-state index contributed by atoms with van der Waals surface area (Å²) in [6.45, 7) is 2.69. The van der Waals surface area contributed by atoms with Crippen molar-refractivity contribution in [2.75, 3.05) is 13.6 Å². The summed E-state index contributed by atoms with van der Waals surface area (Å²) in [7, 11) is 2.14. The largest absolute Gasteiger partial charge is 0.490 e. The van der Waals surface area contributed by atoms with Gasteiger partial charge in [0.15, 0.2) is 0 Å². The minimum absolute atomic E-state index is 0.434. The number of benzene rings is 2. The van der Waals surface area contributed by atoms with E-state index in [0.29, 0.717) is 5.56 Å². The minimum Gasteiger partial charge on any atom is -0.475 e. The van der Waals surface area contributed by atoms with Crippen LogP contribution in [0.25, 0.3) is 10.9 Å². The van der Waals surface area contributed by atoms with Gasteiger partial charge in [0, 0.05) is 53.2 Å². The number of alkyl halides is 3. The van der Waals surface area contributed by atoms with E-state index in [1.807, 2.05) is 18.2 Å². The number of rotatable bonds is 3. The van der Waals surface area contributed by atoms with Gasteiger partial charge in [-0.1, -0.05) is 23.7 Å². The molecule has 0 fully saturated rings. The number of carboxylic acid groups (broad SMARTS) is 1. The Bertz CT molecular complexity index is 1180. The van der Waals surface area contributed by atoms with E-state index >= 15 is 0 Å². The van der Waals surface area contributed by atoms with Gasteiger partial charge in [-0.15, -0.1) is 0 Å². The Morgan fingerprint density at radius 3 is 2.36 bits per heavy atom. The zero-order valence-electron chi connectivity index (χ0n) is 17.5. The summed E-state index contributed by atoms with van der Waals surface area (Å²) in [4.78, 5) is 22.7. The highest BCUT2D eigenvalue weighted by atomic mass is 35.5. The summed E-state index contributed by atoms with van der Waals surface area (Å²) in [5.74, 6) is -3.26. The fourth-order valence-corrected chi connectivity index (χ4v) is 3.92. The average molecular weight is 484 g/mol. The first kappa shape index (κ1) is 24.6. The highest BCUT2D eigenvalue weighted by Gasteiger charge is 2.38. The zero-order chi connectivity index (χ0) is 24.3. The second kappa shape index (κ2) is 9.82. The quantitative estimate of drug-likeness (QED) is 0.385. The molecule has 3 N–H and O–H groups in total. The number of aliphatic carboxylic acids is 1. The van der Waals surface area contributed by atoms with E-state index in [4.69, 9.17) is 26.7 Å². The van der Waals surface area contributed by atoms with Gasteiger partial charge in [-0.05, 0) is 48.5 Å². The molecule has 3 aromatic rings. The van der Waals surface area contributed by atoms with Crippen molar-refractivity contribution in [3.63, 3.8) is 0 Å². The molecule has 2 heterocycles. The zero-order valence-corrected chi connectivity index (χ0v) is 18.2. The predicted molar refractivity (Wildman–Crippen MR) is 115 cm³/mol. The van der Waals surface area contributed by atoms with E-state index in [1.54, 1.807) is 17.6 Å². The Labute approximate surface area is 191 Å². The van der Waals surface area contributed by atoms with Crippen LogP contribution in [0.1, 0.15) is 27.2 Å². The number of carboxylic acids is 1. The van der Waals surface area contributed by atoms with Crippen molar-refractivity contribution in [3.8, 4) is 0 Å². The Morgan fingerprint density at radius 1 is 1.15 bits per heavy atom. The van der Waals surface area contributed by atoms with E-state index in [-0.39, 0.29) is 0 Å². The summed E-state index contributed by atoms with van der Waals surface area (Å²) >= 11 is 6.25. The first-order valence-corrected chi connectivity index (χ1v) is 10.2. The lowest BCUT2D eigenvalue weighted by atomic mass is 10.0. The summed E-state index contributed by atoms with van der Waals surface area (Å²) in [6.07, 6.45) is -4.08. The van der Waals surface area contributed by atoms with Crippen LogP contribution in [0.3, 0.4) is 0 Å². The fourth-order valence-electron chi connectivity index (χ4n) is 3.75. The van der Waals surface area contributed by atoms with Gasteiger partial charge >= 0.3 is 12.1 Å². The van der Waals surface area contributed by atoms with E-state index in [0.717, 1.165) is 36.6 Å². The van der Waals surface area contributed by atoms with Gasteiger partial charge in [-0.25, -0.2) is 10.3 Å². The molecule has 1 aliphatic rings. The molecule has 0 saturated carbocycles. The van der Waals surface area contributed by atoms with Crippen LogP contribution < -0.4 is 5.48 Å². The Balaban J connectivity index is 0.000000383. The molecule has 0 atom stereocenters. The maximum Gasteiger partial charge on any atom is 0.490 e. The predicted octanol–water partition coefficient (Wildman–Crippen LogP) is 4.08. The second-order valence-corrected chi connectivity index (χ2v) is 8.04. The van der Waals surface area contributed by atoms with Crippen molar-refractivity contribution < 1.29 is 33.1 Å². The van der Waals surface area contributed by atoms with E-state index in [2.05, 4.69) is 28.6 Å². The van der Waals surface area contributed by atoms with Crippen LogP contribution in [-0.4, -0.2) is 51.4 Å². The topological polar surface area (TPSA) is 94.8 Å². The summed E-state index contributed by atoms with van der Waals surface area (Å²) in [6, 6.07) is 13.4. The molecule has 1 amide bonds. The average Bonchev–Trinajstić information content (AvgIpc) is 3.05. The van der Waals surface area contributed by atoms with E-state index < -0.39 is 18.1 Å². The number of halogens is 4. The molecule has 1 aliphatic heterocycles. The van der Waals surface area contributed by atoms with Crippen molar-refractivity contribution in [1.82, 2.24) is 14.9 Å².